The zero-order valence-corrected chi connectivity index (χ0v) is 11.0. The summed E-state index contributed by atoms with van der Waals surface area (Å²) in [6, 6.07) is 1.51. The van der Waals surface area contributed by atoms with Gasteiger partial charge in [-0.1, -0.05) is 11.6 Å². The Hall–Kier alpha value is -1.62. The summed E-state index contributed by atoms with van der Waals surface area (Å²) in [5.41, 5.74) is -0.533. The van der Waals surface area contributed by atoms with Crippen LogP contribution in [-0.2, 0) is 4.79 Å². The van der Waals surface area contributed by atoms with Crippen LogP contribution in [0, 0.1) is 5.41 Å². The molecule has 2 N–H and O–H groups in total. The van der Waals surface area contributed by atoms with E-state index in [0.717, 1.165) is 0 Å². The first-order chi connectivity index (χ1) is 8.34. The lowest BCUT2D eigenvalue weighted by atomic mass is 9.90. The van der Waals surface area contributed by atoms with Crippen molar-refractivity contribution < 1.29 is 14.7 Å². The summed E-state index contributed by atoms with van der Waals surface area (Å²) in [4.78, 5) is 26.4. The number of halogens is 1. The van der Waals surface area contributed by atoms with Crippen molar-refractivity contribution in [3.63, 3.8) is 0 Å². The Morgan fingerprint density at radius 2 is 2.17 bits per heavy atom. The highest BCUT2D eigenvalue weighted by atomic mass is 35.5. The Labute approximate surface area is 110 Å². The van der Waals surface area contributed by atoms with E-state index in [2.05, 4.69) is 10.3 Å². The lowest BCUT2D eigenvalue weighted by Gasteiger charge is -2.18. The molecule has 0 aliphatic heterocycles. The molecule has 0 saturated carbocycles. The second kappa shape index (κ2) is 5.82. The molecule has 18 heavy (non-hydrogen) atoms. The van der Waals surface area contributed by atoms with Crippen molar-refractivity contribution in [2.24, 2.45) is 5.41 Å². The van der Waals surface area contributed by atoms with Crippen LogP contribution in [0.1, 0.15) is 30.6 Å². The first-order valence-electron chi connectivity index (χ1n) is 5.46. The van der Waals surface area contributed by atoms with Crippen LogP contribution in [0.5, 0.6) is 0 Å². The molecule has 5 nitrogen and oxygen atoms in total. The second-order valence-electron chi connectivity index (χ2n) is 4.55. The van der Waals surface area contributed by atoms with Gasteiger partial charge < -0.3 is 10.4 Å². The van der Waals surface area contributed by atoms with E-state index in [-0.39, 0.29) is 17.5 Å². The van der Waals surface area contributed by atoms with Crippen molar-refractivity contribution in [1.29, 1.82) is 0 Å². The largest absolute Gasteiger partial charge is 0.481 e. The number of nitrogens with zero attached hydrogens (tertiary/aromatic N) is 1. The molecule has 6 heteroatoms. The van der Waals surface area contributed by atoms with E-state index in [9.17, 15) is 9.59 Å². The SMILES string of the molecule is CC(C)(CCNC(=O)c1ccncc1Cl)C(=O)O. The number of carbonyl (C=O) groups is 2. The molecule has 0 aliphatic rings. The molecule has 0 radical (unpaired) electrons. The molecule has 1 amide bonds. The van der Waals surface area contributed by atoms with Crippen LogP contribution in [0.15, 0.2) is 18.5 Å². The van der Waals surface area contributed by atoms with Crippen molar-refractivity contribution in [3.05, 3.63) is 29.0 Å². The van der Waals surface area contributed by atoms with Crippen molar-refractivity contribution in [1.82, 2.24) is 10.3 Å². The second-order valence-corrected chi connectivity index (χ2v) is 4.96. The average molecular weight is 271 g/mol. The maximum Gasteiger partial charge on any atom is 0.309 e. The summed E-state index contributed by atoms with van der Waals surface area (Å²) in [5.74, 6) is -1.22. The Kier molecular flexibility index (Phi) is 4.67. The van der Waals surface area contributed by atoms with Gasteiger partial charge in [0.2, 0.25) is 0 Å². The lowest BCUT2D eigenvalue weighted by Crippen LogP contribution is -2.32. The van der Waals surface area contributed by atoms with E-state index in [4.69, 9.17) is 16.7 Å². The summed E-state index contributed by atoms with van der Waals surface area (Å²) in [5, 5.41) is 11.8. The van der Waals surface area contributed by atoms with Crippen molar-refractivity contribution in [2.75, 3.05) is 6.54 Å². The molecule has 98 valence electrons. The molecule has 0 saturated heterocycles. The molecule has 0 aromatic carbocycles. The van der Waals surface area contributed by atoms with Crippen LogP contribution in [0.4, 0.5) is 0 Å². The van der Waals surface area contributed by atoms with Crippen LogP contribution in [-0.4, -0.2) is 28.5 Å². The van der Waals surface area contributed by atoms with Gasteiger partial charge in [-0.3, -0.25) is 14.6 Å². The van der Waals surface area contributed by atoms with Gasteiger partial charge in [0.05, 0.1) is 16.0 Å². The number of pyridine rings is 1. The number of amides is 1. The van der Waals surface area contributed by atoms with E-state index in [1.807, 2.05) is 0 Å². The molecular weight excluding hydrogens is 256 g/mol. The van der Waals surface area contributed by atoms with Crippen molar-refractivity contribution in [2.45, 2.75) is 20.3 Å². The van der Waals surface area contributed by atoms with Crippen LogP contribution in [0.3, 0.4) is 0 Å². The minimum atomic E-state index is -0.890. The molecule has 1 aromatic heterocycles. The number of aromatic nitrogens is 1. The molecule has 0 spiro atoms. The molecule has 0 atom stereocenters. The van der Waals surface area contributed by atoms with E-state index >= 15 is 0 Å². The van der Waals surface area contributed by atoms with E-state index < -0.39 is 11.4 Å². The molecular formula is C12H15ClN2O3. The lowest BCUT2D eigenvalue weighted by molar-refractivity contribution is -0.147. The Balaban J connectivity index is 2.53. The molecule has 0 bridgehead atoms. The average Bonchev–Trinajstić information content (AvgIpc) is 2.29. The van der Waals surface area contributed by atoms with Crippen LogP contribution in [0.2, 0.25) is 5.02 Å². The molecule has 0 unspecified atom stereocenters. The van der Waals surface area contributed by atoms with Gasteiger partial charge in [0.25, 0.3) is 5.91 Å². The smallest absolute Gasteiger partial charge is 0.309 e. The first kappa shape index (κ1) is 14.4. The summed E-state index contributed by atoms with van der Waals surface area (Å²) >= 11 is 5.82. The fraction of sp³-hybridized carbons (Fsp3) is 0.417. The maximum absolute atomic E-state index is 11.8. The number of carbonyl (C=O) groups excluding carboxylic acids is 1. The van der Waals surface area contributed by atoms with Crippen molar-refractivity contribution >= 4 is 23.5 Å². The minimum Gasteiger partial charge on any atom is -0.481 e. The number of aliphatic carboxylic acids is 1. The van der Waals surface area contributed by atoms with Gasteiger partial charge in [-0.2, -0.15) is 0 Å². The van der Waals surface area contributed by atoms with E-state index in [1.54, 1.807) is 13.8 Å². The number of hydrogen-bond donors (Lipinski definition) is 2. The predicted molar refractivity (Wildman–Crippen MR) is 67.6 cm³/mol. The quantitative estimate of drug-likeness (QED) is 0.857. The Morgan fingerprint density at radius 3 is 2.72 bits per heavy atom. The number of carboxylic acids is 1. The van der Waals surface area contributed by atoms with Gasteiger partial charge in [-0.15, -0.1) is 0 Å². The zero-order chi connectivity index (χ0) is 13.8. The first-order valence-corrected chi connectivity index (χ1v) is 5.83. The highest BCUT2D eigenvalue weighted by Crippen LogP contribution is 2.19. The molecule has 0 aliphatic carbocycles. The zero-order valence-electron chi connectivity index (χ0n) is 10.2. The Bertz CT molecular complexity index is 460. The summed E-state index contributed by atoms with van der Waals surface area (Å²) in [6.07, 6.45) is 3.20. The maximum atomic E-state index is 11.8. The Morgan fingerprint density at radius 1 is 1.50 bits per heavy atom. The standard InChI is InChI=1S/C12H15ClN2O3/c1-12(2,11(17)18)4-6-15-10(16)8-3-5-14-7-9(8)13/h3,5,7H,4,6H2,1-2H3,(H,15,16)(H,17,18). The van der Waals surface area contributed by atoms with E-state index in [1.165, 1.54) is 18.5 Å². The van der Waals surface area contributed by atoms with E-state index in [0.29, 0.717) is 12.0 Å². The highest BCUT2D eigenvalue weighted by Gasteiger charge is 2.26. The summed E-state index contributed by atoms with van der Waals surface area (Å²) in [7, 11) is 0. The topological polar surface area (TPSA) is 79.3 Å². The third kappa shape index (κ3) is 3.70. The highest BCUT2D eigenvalue weighted by molar-refractivity contribution is 6.33. The fourth-order valence-electron chi connectivity index (χ4n) is 1.25. The number of hydrogen-bond acceptors (Lipinski definition) is 3. The van der Waals surface area contributed by atoms with Gasteiger partial charge >= 0.3 is 5.97 Å². The van der Waals surface area contributed by atoms with Crippen LogP contribution < -0.4 is 5.32 Å². The predicted octanol–water partition coefficient (Wildman–Crippen LogP) is 1.97. The van der Waals surface area contributed by atoms with Gasteiger partial charge in [0.15, 0.2) is 0 Å². The minimum absolute atomic E-state index is 0.271. The molecule has 1 rings (SSSR count). The van der Waals surface area contributed by atoms with Gasteiger partial charge in [0, 0.05) is 18.9 Å². The third-order valence-electron chi connectivity index (χ3n) is 2.63. The summed E-state index contributed by atoms with van der Waals surface area (Å²) in [6.45, 7) is 3.50. The van der Waals surface area contributed by atoms with Crippen LogP contribution >= 0.6 is 11.6 Å². The van der Waals surface area contributed by atoms with Gasteiger partial charge in [-0.05, 0) is 26.3 Å². The molecule has 1 heterocycles. The molecule has 0 fully saturated rings. The van der Waals surface area contributed by atoms with Crippen molar-refractivity contribution in [3.8, 4) is 0 Å². The normalized spacial score (nSPS) is 11.1. The van der Waals surface area contributed by atoms with Crippen LogP contribution in [0.25, 0.3) is 0 Å². The van der Waals surface area contributed by atoms with Gasteiger partial charge in [0.1, 0.15) is 0 Å². The summed E-state index contributed by atoms with van der Waals surface area (Å²) < 4.78 is 0. The van der Waals surface area contributed by atoms with Gasteiger partial charge in [-0.25, -0.2) is 0 Å². The number of rotatable bonds is 5. The number of carboxylic acid groups (broad SMARTS) is 1. The third-order valence-corrected chi connectivity index (χ3v) is 2.93. The molecule has 1 aromatic rings. The monoisotopic (exact) mass is 270 g/mol. The number of nitrogens with one attached hydrogen (secondary N) is 1. The fourth-order valence-corrected chi connectivity index (χ4v) is 1.46.